The predicted octanol–water partition coefficient (Wildman–Crippen LogP) is 1.34. The molecule has 0 aliphatic carbocycles. The van der Waals surface area contributed by atoms with Crippen LogP contribution >= 0.6 is 22.6 Å². The highest BCUT2D eigenvalue weighted by molar-refractivity contribution is 14.1. The molecule has 1 aromatic rings. The summed E-state index contributed by atoms with van der Waals surface area (Å²) in [5, 5.41) is 8.98. The lowest BCUT2D eigenvalue weighted by molar-refractivity contribution is 0.280. The summed E-state index contributed by atoms with van der Waals surface area (Å²) in [5.41, 5.74) is 0.959. The molecule has 0 aliphatic rings. The Bertz CT molecular complexity index is 291. The summed E-state index contributed by atoms with van der Waals surface area (Å²) in [6.07, 6.45) is 1.14. The van der Waals surface area contributed by atoms with Crippen LogP contribution in [0.15, 0.2) is 18.2 Å². The molecule has 0 bridgehead atoms. The summed E-state index contributed by atoms with van der Waals surface area (Å²) >= 11 is 2.21. The summed E-state index contributed by atoms with van der Waals surface area (Å²) in [5.74, 6) is 0.904. The zero-order chi connectivity index (χ0) is 10.4. The maximum atomic E-state index is 8.98. The SMILES string of the molecule is OCc1ccc(OCCC[SiH3])cc1I. The number of benzene rings is 1. The monoisotopic (exact) mass is 322 g/mol. The van der Waals surface area contributed by atoms with Crippen molar-refractivity contribution in [1.29, 1.82) is 0 Å². The number of rotatable bonds is 5. The maximum absolute atomic E-state index is 8.98. The molecule has 1 aromatic carbocycles. The van der Waals surface area contributed by atoms with Crippen LogP contribution in [0.1, 0.15) is 12.0 Å². The number of aliphatic hydroxyl groups excluding tert-OH is 1. The fourth-order valence-electron chi connectivity index (χ4n) is 1.08. The molecule has 0 saturated carbocycles. The standard InChI is InChI=1S/C10H15IO2Si/c11-10-6-9(13-4-1-5-14)3-2-8(10)7-12/h2-3,6,12H,1,4-5,7H2,14H3. The first-order valence-corrected chi connectivity index (χ1v) is 7.29. The lowest BCUT2D eigenvalue weighted by Gasteiger charge is -2.07. The normalized spacial score (nSPS) is 10.4. The van der Waals surface area contributed by atoms with Crippen molar-refractivity contribution in [3.05, 3.63) is 27.3 Å². The van der Waals surface area contributed by atoms with Gasteiger partial charge in [-0.25, -0.2) is 0 Å². The molecule has 78 valence electrons. The molecule has 0 saturated heterocycles. The van der Waals surface area contributed by atoms with Gasteiger partial charge in [-0.3, -0.25) is 0 Å². The average Bonchev–Trinajstić information content (AvgIpc) is 2.18. The van der Waals surface area contributed by atoms with Crippen LogP contribution in [0.25, 0.3) is 0 Å². The minimum absolute atomic E-state index is 0.0963. The second-order valence-corrected chi connectivity index (χ2v) is 5.28. The van der Waals surface area contributed by atoms with Crippen LogP contribution in [0.5, 0.6) is 5.75 Å². The summed E-state index contributed by atoms with van der Waals surface area (Å²) in [4.78, 5) is 0. The van der Waals surface area contributed by atoms with Crippen molar-refractivity contribution in [1.82, 2.24) is 0 Å². The van der Waals surface area contributed by atoms with Crippen LogP contribution < -0.4 is 4.74 Å². The van der Waals surface area contributed by atoms with Gasteiger partial charge in [-0.05, 0) is 46.7 Å². The minimum atomic E-state index is 0.0963. The van der Waals surface area contributed by atoms with Crippen molar-refractivity contribution in [2.45, 2.75) is 19.1 Å². The molecule has 0 heterocycles. The Morgan fingerprint density at radius 2 is 2.21 bits per heavy atom. The van der Waals surface area contributed by atoms with E-state index in [0.717, 1.165) is 27.9 Å². The Morgan fingerprint density at radius 1 is 1.43 bits per heavy atom. The summed E-state index contributed by atoms with van der Waals surface area (Å²) in [7, 11) is 1.25. The summed E-state index contributed by atoms with van der Waals surface area (Å²) in [6, 6.07) is 7.09. The molecule has 0 atom stereocenters. The van der Waals surface area contributed by atoms with E-state index in [0.29, 0.717) is 0 Å². The van der Waals surface area contributed by atoms with Crippen molar-refractivity contribution >= 4 is 32.8 Å². The van der Waals surface area contributed by atoms with Crippen LogP contribution in [-0.2, 0) is 6.61 Å². The lowest BCUT2D eigenvalue weighted by atomic mass is 10.2. The van der Waals surface area contributed by atoms with Gasteiger partial charge in [0.25, 0.3) is 0 Å². The van der Waals surface area contributed by atoms with E-state index in [-0.39, 0.29) is 6.61 Å². The number of aliphatic hydroxyl groups is 1. The molecule has 0 aliphatic heterocycles. The second-order valence-electron chi connectivity index (χ2n) is 3.11. The molecular weight excluding hydrogens is 307 g/mol. The van der Waals surface area contributed by atoms with Gasteiger partial charge in [-0.2, -0.15) is 0 Å². The predicted molar refractivity (Wildman–Crippen MR) is 69.9 cm³/mol. The Morgan fingerprint density at radius 3 is 2.79 bits per heavy atom. The Hall–Kier alpha value is -0.0731. The fraction of sp³-hybridized carbons (Fsp3) is 0.400. The van der Waals surface area contributed by atoms with Gasteiger partial charge in [0.2, 0.25) is 0 Å². The smallest absolute Gasteiger partial charge is 0.120 e. The van der Waals surface area contributed by atoms with E-state index in [9.17, 15) is 0 Å². The van der Waals surface area contributed by atoms with Gasteiger partial charge in [-0.15, -0.1) is 0 Å². The molecule has 1 N–H and O–H groups in total. The Labute approximate surface area is 101 Å². The van der Waals surface area contributed by atoms with Crippen molar-refractivity contribution < 1.29 is 9.84 Å². The lowest BCUT2D eigenvalue weighted by Crippen LogP contribution is -1.98. The van der Waals surface area contributed by atoms with Crippen LogP contribution in [0.3, 0.4) is 0 Å². The Kier molecular flexibility index (Phi) is 5.50. The third-order valence-electron chi connectivity index (χ3n) is 1.96. The van der Waals surface area contributed by atoms with E-state index < -0.39 is 0 Å². The highest BCUT2D eigenvalue weighted by Gasteiger charge is 2.00. The molecule has 1 rings (SSSR count). The topological polar surface area (TPSA) is 29.5 Å². The largest absolute Gasteiger partial charge is 0.494 e. The van der Waals surface area contributed by atoms with Crippen molar-refractivity contribution in [2.24, 2.45) is 0 Å². The molecule has 0 radical (unpaired) electrons. The first kappa shape index (κ1) is 12.0. The number of ether oxygens (including phenoxy) is 1. The Balaban J connectivity index is 2.57. The molecular formula is C10H15IO2Si. The van der Waals surface area contributed by atoms with Gasteiger partial charge in [0.05, 0.1) is 13.2 Å². The van der Waals surface area contributed by atoms with Crippen LogP contribution in [0.2, 0.25) is 6.04 Å². The summed E-state index contributed by atoms with van der Waals surface area (Å²) in [6.45, 7) is 0.900. The van der Waals surface area contributed by atoms with Crippen molar-refractivity contribution in [3.8, 4) is 5.75 Å². The second kappa shape index (κ2) is 6.42. The molecule has 2 nitrogen and oxygen atoms in total. The van der Waals surface area contributed by atoms with Crippen LogP contribution in [0.4, 0.5) is 0 Å². The van der Waals surface area contributed by atoms with E-state index in [1.54, 1.807) is 0 Å². The quantitative estimate of drug-likeness (QED) is 0.504. The van der Waals surface area contributed by atoms with E-state index in [1.807, 2.05) is 18.2 Å². The van der Waals surface area contributed by atoms with Crippen LogP contribution in [0, 0.1) is 3.57 Å². The van der Waals surface area contributed by atoms with E-state index in [1.165, 1.54) is 16.3 Å². The zero-order valence-corrected chi connectivity index (χ0v) is 12.5. The number of hydrogen-bond donors (Lipinski definition) is 1. The molecule has 14 heavy (non-hydrogen) atoms. The highest BCUT2D eigenvalue weighted by Crippen LogP contribution is 2.19. The van der Waals surface area contributed by atoms with E-state index in [4.69, 9.17) is 9.84 Å². The average molecular weight is 322 g/mol. The van der Waals surface area contributed by atoms with Gasteiger partial charge >= 0.3 is 0 Å². The summed E-state index contributed by atoms with van der Waals surface area (Å²) < 4.78 is 6.63. The molecule has 0 spiro atoms. The number of halogens is 1. The molecule has 0 fully saturated rings. The highest BCUT2D eigenvalue weighted by atomic mass is 127. The molecule has 4 heteroatoms. The first-order chi connectivity index (χ1) is 6.77. The van der Waals surface area contributed by atoms with Crippen molar-refractivity contribution in [2.75, 3.05) is 6.61 Å². The molecule has 0 unspecified atom stereocenters. The first-order valence-electron chi connectivity index (χ1n) is 4.80. The molecule has 0 aromatic heterocycles. The maximum Gasteiger partial charge on any atom is 0.120 e. The fourth-order valence-corrected chi connectivity index (χ4v) is 2.03. The molecule has 0 amide bonds. The minimum Gasteiger partial charge on any atom is -0.494 e. The van der Waals surface area contributed by atoms with Gasteiger partial charge in [0.1, 0.15) is 5.75 Å². The van der Waals surface area contributed by atoms with Crippen molar-refractivity contribution in [3.63, 3.8) is 0 Å². The third kappa shape index (κ3) is 3.59. The van der Waals surface area contributed by atoms with Crippen LogP contribution in [-0.4, -0.2) is 22.0 Å². The van der Waals surface area contributed by atoms with E-state index >= 15 is 0 Å². The van der Waals surface area contributed by atoms with Gasteiger partial charge in [-0.1, -0.05) is 12.1 Å². The third-order valence-corrected chi connectivity index (χ3v) is 3.67. The van der Waals surface area contributed by atoms with Gasteiger partial charge in [0, 0.05) is 13.8 Å². The number of hydrogen-bond acceptors (Lipinski definition) is 2. The van der Waals surface area contributed by atoms with E-state index in [2.05, 4.69) is 22.6 Å². The zero-order valence-electron chi connectivity index (χ0n) is 8.29. The van der Waals surface area contributed by atoms with Gasteiger partial charge < -0.3 is 9.84 Å². The van der Waals surface area contributed by atoms with Gasteiger partial charge in [0.15, 0.2) is 0 Å².